The topological polar surface area (TPSA) is 110 Å². The van der Waals surface area contributed by atoms with E-state index in [1.54, 1.807) is 22.1 Å². The highest BCUT2D eigenvalue weighted by molar-refractivity contribution is 5.93. The SMILES string of the molecule is COC(=O)[C@]12C[C@H](CC(=O)N3CCN(C(=O)C4CC4)CC3)C(=O)N(Cc3ccco3)C1=C[C@H](C1CCCC1)O[C@@H]2C. The van der Waals surface area contributed by atoms with Crippen molar-refractivity contribution in [2.45, 2.75) is 77.0 Å². The van der Waals surface area contributed by atoms with Crippen LogP contribution in [0.5, 0.6) is 0 Å². The van der Waals surface area contributed by atoms with Crippen LogP contribution < -0.4 is 0 Å². The van der Waals surface area contributed by atoms with Gasteiger partial charge in [-0.2, -0.15) is 0 Å². The molecular weight excluding hydrogens is 526 g/mol. The fourth-order valence-electron chi connectivity index (χ4n) is 7.37. The van der Waals surface area contributed by atoms with Crippen molar-refractivity contribution in [3.63, 3.8) is 0 Å². The van der Waals surface area contributed by atoms with Crippen LogP contribution in [0.3, 0.4) is 0 Å². The molecule has 3 aliphatic heterocycles. The molecule has 222 valence electrons. The second kappa shape index (κ2) is 11.3. The molecule has 0 spiro atoms. The predicted molar refractivity (Wildman–Crippen MR) is 147 cm³/mol. The van der Waals surface area contributed by atoms with Gasteiger partial charge in [0, 0.05) is 50.1 Å². The van der Waals surface area contributed by atoms with E-state index in [4.69, 9.17) is 13.9 Å². The number of piperidine rings is 1. The molecule has 0 radical (unpaired) electrons. The smallest absolute Gasteiger partial charge is 0.320 e. The maximum Gasteiger partial charge on any atom is 0.320 e. The number of piperazine rings is 1. The molecule has 0 N–H and O–H groups in total. The van der Waals surface area contributed by atoms with Crippen LogP contribution in [0.1, 0.15) is 64.1 Å². The number of esters is 1. The van der Waals surface area contributed by atoms with E-state index in [-0.39, 0.29) is 49.1 Å². The first-order chi connectivity index (χ1) is 19.8. The van der Waals surface area contributed by atoms with Gasteiger partial charge in [0.15, 0.2) is 0 Å². The molecule has 4 atom stereocenters. The van der Waals surface area contributed by atoms with Crippen molar-refractivity contribution in [3.05, 3.63) is 35.9 Å². The highest BCUT2D eigenvalue weighted by atomic mass is 16.5. The first-order valence-electron chi connectivity index (χ1n) is 15.2. The third-order valence-corrected chi connectivity index (χ3v) is 9.91. The molecule has 1 aromatic rings. The Morgan fingerprint density at radius 1 is 1.05 bits per heavy atom. The number of nitrogens with zero attached hydrogens (tertiary/aromatic N) is 3. The zero-order valence-corrected chi connectivity index (χ0v) is 24.1. The van der Waals surface area contributed by atoms with Gasteiger partial charge in [-0.25, -0.2) is 0 Å². The van der Waals surface area contributed by atoms with Gasteiger partial charge in [-0.15, -0.1) is 0 Å². The van der Waals surface area contributed by atoms with Crippen LogP contribution in [-0.2, 0) is 35.2 Å². The van der Waals surface area contributed by atoms with Gasteiger partial charge in [0.2, 0.25) is 17.7 Å². The zero-order chi connectivity index (χ0) is 28.7. The van der Waals surface area contributed by atoms with Crippen molar-refractivity contribution in [2.75, 3.05) is 33.3 Å². The molecule has 5 aliphatic rings. The average Bonchev–Trinajstić information content (AvgIpc) is 3.43. The summed E-state index contributed by atoms with van der Waals surface area (Å²) in [6.45, 7) is 3.97. The Morgan fingerprint density at radius 2 is 1.76 bits per heavy atom. The number of amides is 3. The molecule has 2 aliphatic carbocycles. The molecule has 4 fully saturated rings. The van der Waals surface area contributed by atoms with Gasteiger partial charge in [-0.3, -0.25) is 19.2 Å². The lowest BCUT2D eigenvalue weighted by Crippen LogP contribution is -2.60. The number of fused-ring (bicyclic) bond motifs is 1. The third-order valence-electron chi connectivity index (χ3n) is 9.91. The van der Waals surface area contributed by atoms with Crippen LogP contribution in [-0.4, -0.2) is 83.9 Å². The minimum absolute atomic E-state index is 0.0190. The van der Waals surface area contributed by atoms with Gasteiger partial charge in [0.05, 0.1) is 32.1 Å². The summed E-state index contributed by atoms with van der Waals surface area (Å²) in [5.74, 6) is -0.236. The van der Waals surface area contributed by atoms with Crippen LogP contribution in [0, 0.1) is 23.2 Å². The van der Waals surface area contributed by atoms with E-state index in [1.807, 2.05) is 24.0 Å². The van der Waals surface area contributed by atoms with Crippen molar-refractivity contribution in [3.8, 4) is 0 Å². The number of carbonyl (C=O) groups is 4. The summed E-state index contributed by atoms with van der Waals surface area (Å²) in [5.41, 5.74) is -0.609. The normalized spacial score (nSPS) is 30.7. The number of rotatable bonds is 7. The van der Waals surface area contributed by atoms with Crippen molar-refractivity contribution in [1.82, 2.24) is 14.7 Å². The Hall–Kier alpha value is -3.14. The molecule has 4 heterocycles. The van der Waals surface area contributed by atoms with Gasteiger partial charge < -0.3 is 28.6 Å². The molecule has 0 aromatic carbocycles. The van der Waals surface area contributed by atoms with E-state index in [1.165, 1.54) is 7.11 Å². The van der Waals surface area contributed by atoms with E-state index in [9.17, 15) is 19.2 Å². The second-order valence-electron chi connectivity index (χ2n) is 12.4. The number of hydrogen-bond acceptors (Lipinski definition) is 7. The Balaban J connectivity index is 1.27. The summed E-state index contributed by atoms with van der Waals surface area (Å²) in [4.78, 5) is 59.1. The lowest BCUT2D eigenvalue weighted by Gasteiger charge is -2.52. The highest BCUT2D eigenvalue weighted by Gasteiger charge is 2.60. The van der Waals surface area contributed by atoms with Gasteiger partial charge >= 0.3 is 5.97 Å². The van der Waals surface area contributed by atoms with E-state index in [0.717, 1.165) is 38.5 Å². The molecular formula is C31H41N3O7. The van der Waals surface area contributed by atoms with E-state index < -0.39 is 23.4 Å². The van der Waals surface area contributed by atoms with Crippen molar-refractivity contribution in [2.24, 2.45) is 23.2 Å². The number of carbonyl (C=O) groups excluding carboxylic acids is 4. The maximum atomic E-state index is 14.2. The summed E-state index contributed by atoms with van der Waals surface area (Å²) in [6.07, 6.45) is 9.23. The molecule has 10 nitrogen and oxygen atoms in total. The van der Waals surface area contributed by atoms with Crippen molar-refractivity contribution < 1.29 is 33.1 Å². The monoisotopic (exact) mass is 567 g/mol. The standard InChI is InChI=1S/C31H41N3O7/c1-20-31(30(38)39-2)18-23(16-27(35)32-11-13-33(14-12-32)28(36)22-9-10-22)29(37)34(19-24-8-5-15-40-24)26(31)17-25(41-20)21-6-3-4-7-21/h5,8,15,17,20-23,25H,3-4,6-7,9-14,16,18-19H2,1-2H3/t20-,23+,25-,31+/m1/s1. The summed E-state index contributed by atoms with van der Waals surface area (Å²) < 4.78 is 17.5. The Labute approximate surface area is 241 Å². The van der Waals surface area contributed by atoms with Gasteiger partial charge in [0.25, 0.3) is 0 Å². The van der Waals surface area contributed by atoms with E-state index >= 15 is 0 Å². The molecule has 41 heavy (non-hydrogen) atoms. The quantitative estimate of drug-likeness (QED) is 0.466. The maximum absolute atomic E-state index is 14.2. The summed E-state index contributed by atoms with van der Waals surface area (Å²) in [5, 5.41) is 0. The lowest BCUT2D eigenvalue weighted by molar-refractivity contribution is -0.178. The minimum atomic E-state index is -1.22. The lowest BCUT2D eigenvalue weighted by atomic mass is 9.66. The molecule has 2 saturated carbocycles. The minimum Gasteiger partial charge on any atom is -0.468 e. The number of methoxy groups -OCH3 is 1. The van der Waals surface area contributed by atoms with Crippen molar-refractivity contribution in [1.29, 1.82) is 0 Å². The van der Waals surface area contributed by atoms with Crippen LogP contribution in [0.2, 0.25) is 0 Å². The Kier molecular flexibility index (Phi) is 7.70. The first-order valence-corrected chi connectivity index (χ1v) is 15.2. The second-order valence-corrected chi connectivity index (χ2v) is 12.4. The third kappa shape index (κ3) is 5.19. The highest BCUT2D eigenvalue weighted by Crippen LogP contribution is 2.52. The molecule has 10 heteroatoms. The Morgan fingerprint density at radius 3 is 2.39 bits per heavy atom. The largest absolute Gasteiger partial charge is 0.468 e. The van der Waals surface area contributed by atoms with Crippen LogP contribution in [0.15, 0.2) is 34.6 Å². The average molecular weight is 568 g/mol. The first kappa shape index (κ1) is 28.0. The number of furan rings is 1. The van der Waals surface area contributed by atoms with E-state index in [2.05, 4.69) is 0 Å². The van der Waals surface area contributed by atoms with Gasteiger partial charge in [-0.1, -0.05) is 12.8 Å². The molecule has 1 aromatic heterocycles. The fourth-order valence-corrected chi connectivity index (χ4v) is 7.37. The predicted octanol–water partition coefficient (Wildman–Crippen LogP) is 3.12. The van der Waals surface area contributed by atoms with Crippen LogP contribution in [0.25, 0.3) is 0 Å². The van der Waals surface area contributed by atoms with Crippen LogP contribution >= 0.6 is 0 Å². The Bertz CT molecular complexity index is 1190. The summed E-state index contributed by atoms with van der Waals surface area (Å²) in [7, 11) is 1.36. The van der Waals surface area contributed by atoms with Gasteiger partial charge in [-0.05, 0) is 63.2 Å². The number of ether oxygens (including phenoxy) is 2. The molecule has 2 saturated heterocycles. The van der Waals surface area contributed by atoms with E-state index in [0.29, 0.717) is 43.6 Å². The molecule has 0 bridgehead atoms. The zero-order valence-electron chi connectivity index (χ0n) is 24.1. The van der Waals surface area contributed by atoms with Crippen LogP contribution in [0.4, 0.5) is 0 Å². The molecule has 3 amide bonds. The molecule has 0 unspecified atom stereocenters. The number of hydrogen-bond donors (Lipinski definition) is 0. The summed E-state index contributed by atoms with van der Waals surface area (Å²) >= 11 is 0. The van der Waals surface area contributed by atoms with Crippen molar-refractivity contribution >= 4 is 23.7 Å². The number of likely N-dealkylation sites (tertiary alicyclic amines) is 1. The summed E-state index contributed by atoms with van der Waals surface area (Å²) in [6, 6.07) is 3.58. The molecule has 6 rings (SSSR count). The van der Waals surface area contributed by atoms with Gasteiger partial charge in [0.1, 0.15) is 11.2 Å². The fraction of sp³-hybridized carbons (Fsp3) is 0.677.